The highest BCUT2D eigenvalue weighted by atomic mass is 35.5. The van der Waals surface area contributed by atoms with Crippen molar-refractivity contribution in [1.29, 1.82) is 0 Å². The number of aromatic nitrogens is 5. The molecule has 3 aliphatic rings. The molecule has 13 heteroatoms. The van der Waals surface area contributed by atoms with Crippen molar-refractivity contribution in [3.63, 3.8) is 0 Å². The van der Waals surface area contributed by atoms with Crippen LogP contribution in [0.25, 0.3) is 22.3 Å². The van der Waals surface area contributed by atoms with Gasteiger partial charge in [-0.3, -0.25) is 0 Å². The summed E-state index contributed by atoms with van der Waals surface area (Å²) in [6, 6.07) is 5.40. The first-order valence-electron chi connectivity index (χ1n) is 13.1. The van der Waals surface area contributed by atoms with Crippen LogP contribution in [0.2, 0.25) is 5.02 Å². The molecule has 40 heavy (non-hydrogen) atoms. The molecule has 2 fully saturated rings. The number of benzene rings is 1. The maximum atomic E-state index is 15.4. The summed E-state index contributed by atoms with van der Waals surface area (Å²) in [5.74, 6) is 0.0837. The summed E-state index contributed by atoms with van der Waals surface area (Å²) >= 11 is 6.56. The number of imidazole rings is 1. The molecule has 0 radical (unpaired) electrons. The van der Waals surface area contributed by atoms with Crippen molar-refractivity contribution in [1.82, 2.24) is 24.9 Å². The molecule has 3 aromatic heterocycles. The molecular formula is C27H26ClFN6O5. The number of ether oxygens (including phenoxy) is 4. The van der Waals surface area contributed by atoms with Crippen LogP contribution in [0, 0.1) is 5.82 Å². The number of anilines is 1. The number of rotatable bonds is 7. The van der Waals surface area contributed by atoms with E-state index in [-0.39, 0.29) is 43.2 Å². The van der Waals surface area contributed by atoms with Crippen molar-refractivity contribution < 1.29 is 28.4 Å². The van der Waals surface area contributed by atoms with E-state index in [9.17, 15) is 5.11 Å². The van der Waals surface area contributed by atoms with E-state index in [1.165, 1.54) is 6.07 Å². The first-order chi connectivity index (χ1) is 19.5. The molecule has 0 saturated carbocycles. The van der Waals surface area contributed by atoms with Gasteiger partial charge in [0.1, 0.15) is 29.9 Å². The number of aromatic amines is 1. The van der Waals surface area contributed by atoms with E-state index in [0.29, 0.717) is 58.1 Å². The monoisotopic (exact) mass is 568 g/mol. The molecule has 2 aliphatic heterocycles. The topological polar surface area (TPSA) is 137 Å². The van der Waals surface area contributed by atoms with Crippen LogP contribution >= 0.6 is 11.6 Å². The Balaban J connectivity index is 1.09. The average molecular weight is 569 g/mol. The Labute approximate surface area is 233 Å². The van der Waals surface area contributed by atoms with E-state index in [1.54, 1.807) is 18.5 Å². The van der Waals surface area contributed by atoms with Crippen molar-refractivity contribution in [2.24, 2.45) is 0 Å². The molecule has 208 valence electrons. The molecule has 1 aromatic carbocycles. The fraction of sp³-hybridized carbons (Fsp3) is 0.407. The summed E-state index contributed by atoms with van der Waals surface area (Å²) < 4.78 is 37.9. The Morgan fingerprint density at radius 2 is 1.95 bits per heavy atom. The molecule has 0 bridgehead atoms. The van der Waals surface area contributed by atoms with Gasteiger partial charge in [-0.2, -0.15) is 4.98 Å². The lowest BCUT2D eigenvalue weighted by atomic mass is 10.0. The summed E-state index contributed by atoms with van der Waals surface area (Å²) in [6.45, 7) is 2.83. The normalized spacial score (nSPS) is 25.2. The van der Waals surface area contributed by atoms with Crippen LogP contribution in [0.15, 0.2) is 30.6 Å². The van der Waals surface area contributed by atoms with Crippen LogP contribution in [0.3, 0.4) is 0 Å². The zero-order chi connectivity index (χ0) is 27.4. The Morgan fingerprint density at radius 1 is 1.12 bits per heavy atom. The maximum absolute atomic E-state index is 15.4. The van der Waals surface area contributed by atoms with Crippen LogP contribution in [0.5, 0.6) is 12.0 Å². The van der Waals surface area contributed by atoms with Crippen molar-refractivity contribution in [3.05, 3.63) is 52.6 Å². The van der Waals surface area contributed by atoms with Gasteiger partial charge in [-0.25, -0.2) is 19.3 Å². The van der Waals surface area contributed by atoms with Crippen LogP contribution < -0.4 is 14.8 Å². The van der Waals surface area contributed by atoms with Gasteiger partial charge in [0.2, 0.25) is 0 Å². The molecular weight excluding hydrogens is 543 g/mol. The summed E-state index contributed by atoms with van der Waals surface area (Å²) in [6.07, 6.45) is 2.79. The Morgan fingerprint density at radius 3 is 2.77 bits per heavy atom. The van der Waals surface area contributed by atoms with Crippen molar-refractivity contribution >= 4 is 28.6 Å². The minimum absolute atomic E-state index is 0.212. The van der Waals surface area contributed by atoms with Crippen molar-refractivity contribution in [2.75, 3.05) is 25.1 Å². The first-order valence-corrected chi connectivity index (χ1v) is 13.5. The number of H-pyrrole nitrogens is 1. The quantitative estimate of drug-likeness (QED) is 0.303. The standard InChI is InChI=1S/C27H26ClFN6O5/c1-2-37-26-30-8-14(9-31-26)13-5-12-3-4-17(21(12)16(29)6-13)32-24-15(28)7-18-25(34-24)35-27(33-18)40-20-11-39-22-19(36)10-38-23(20)22/h5-9,17,19-20,22-23,36H,2-4,10-11H2,1H3,(H2,32,33,34,35)/t17-,19+,20+,22+,23+/m0/s1. The molecule has 0 spiro atoms. The highest BCUT2D eigenvalue weighted by Gasteiger charge is 2.48. The third-order valence-corrected chi connectivity index (χ3v) is 7.75. The summed E-state index contributed by atoms with van der Waals surface area (Å²) in [4.78, 5) is 20.5. The number of aryl methyl sites for hydroxylation is 1. The summed E-state index contributed by atoms with van der Waals surface area (Å²) in [7, 11) is 0. The number of pyridine rings is 1. The van der Waals surface area contributed by atoms with Gasteiger partial charge in [0.25, 0.3) is 6.01 Å². The molecule has 2 saturated heterocycles. The lowest BCUT2D eigenvalue weighted by Gasteiger charge is -2.17. The third-order valence-electron chi connectivity index (χ3n) is 7.46. The minimum Gasteiger partial charge on any atom is -0.464 e. The number of hydrogen-bond acceptors (Lipinski definition) is 10. The lowest BCUT2D eigenvalue weighted by Crippen LogP contribution is -2.34. The minimum atomic E-state index is -0.665. The van der Waals surface area contributed by atoms with Gasteiger partial charge in [0.05, 0.1) is 36.4 Å². The predicted octanol–water partition coefficient (Wildman–Crippen LogP) is 3.61. The number of fused-ring (bicyclic) bond motifs is 3. The number of hydrogen-bond donors (Lipinski definition) is 3. The highest BCUT2D eigenvalue weighted by Crippen LogP contribution is 2.39. The third kappa shape index (κ3) is 4.50. The van der Waals surface area contributed by atoms with E-state index >= 15 is 4.39 Å². The van der Waals surface area contributed by atoms with Gasteiger partial charge in [-0.05, 0) is 43.0 Å². The number of nitrogens with zero attached hydrogens (tertiary/aromatic N) is 4. The van der Waals surface area contributed by atoms with Gasteiger partial charge in [-0.15, -0.1) is 0 Å². The molecule has 0 amide bonds. The average Bonchev–Trinajstić information content (AvgIpc) is 3.71. The highest BCUT2D eigenvalue weighted by molar-refractivity contribution is 6.33. The molecule has 5 atom stereocenters. The van der Waals surface area contributed by atoms with Crippen molar-refractivity contribution in [3.8, 4) is 23.1 Å². The second kappa shape index (κ2) is 10.1. The molecule has 5 heterocycles. The van der Waals surface area contributed by atoms with E-state index in [4.69, 9.17) is 30.5 Å². The molecule has 0 unspecified atom stereocenters. The zero-order valence-electron chi connectivity index (χ0n) is 21.4. The number of halogens is 2. The maximum Gasteiger partial charge on any atom is 0.316 e. The fourth-order valence-corrected chi connectivity index (χ4v) is 5.81. The van der Waals surface area contributed by atoms with E-state index in [2.05, 4.69) is 30.2 Å². The fourth-order valence-electron chi connectivity index (χ4n) is 5.60. The van der Waals surface area contributed by atoms with Gasteiger partial charge in [-0.1, -0.05) is 17.7 Å². The number of aliphatic hydroxyl groups is 1. The largest absolute Gasteiger partial charge is 0.464 e. The van der Waals surface area contributed by atoms with Crippen LogP contribution in [0.1, 0.15) is 30.5 Å². The SMILES string of the molecule is CCOc1ncc(-c2cc(F)c3c(c2)CC[C@@H]3Nc2nc3nc(O[C@@H]4CO[C@H]5[C@@H]4OC[C@H]5O)[nH]c3cc2Cl)cn1. The summed E-state index contributed by atoms with van der Waals surface area (Å²) in [5, 5.41) is 13.6. The number of nitrogens with one attached hydrogen (secondary N) is 2. The Bertz CT molecular complexity index is 1570. The van der Waals surface area contributed by atoms with Gasteiger partial charge in [0.15, 0.2) is 11.8 Å². The first kappa shape index (κ1) is 25.4. The van der Waals surface area contributed by atoms with Gasteiger partial charge >= 0.3 is 6.01 Å². The molecule has 11 nitrogen and oxygen atoms in total. The van der Waals surface area contributed by atoms with Crippen molar-refractivity contribution in [2.45, 2.75) is 50.2 Å². The lowest BCUT2D eigenvalue weighted by molar-refractivity contribution is 0.00706. The van der Waals surface area contributed by atoms with Gasteiger partial charge < -0.3 is 34.4 Å². The van der Waals surface area contributed by atoms with Crippen LogP contribution in [0.4, 0.5) is 10.2 Å². The van der Waals surface area contributed by atoms with Crippen LogP contribution in [-0.4, -0.2) is 74.3 Å². The second-order valence-electron chi connectivity index (χ2n) is 10.0. The predicted molar refractivity (Wildman–Crippen MR) is 142 cm³/mol. The van der Waals surface area contributed by atoms with Gasteiger partial charge in [0, 0.05) is 23.5 Å². The smallest absolute Gasteiger partial charge is 0.316 e. The Kier molecular flexibility index (Phi) is 6.42. The molecule has 3 N–H and O–H groups in total. The summed E-state index contributed by atoms with van der Waals surface area (Å²) in [5.41, 5.74) is 3.91. The second-order valence-corrected chi connectivity index (χ2v) is 10.4. The van der Waals surface area contributed by atoms with E-state index < -0.39 is 18.3 Å². The van der Waals surface area contributed by atoms with Crippen LogP contribution in [-0.2, 0) is 15.9 Å². The molecule has 7 rings (SSSR count). The molecule has 1 aliphatic carbocycles. The molecule has 4 aromatic rings. The zero-order valence-corrected chi connectivity index (χ0v) is 22.2. The number of aliphatic hydroxyl groups excluding tert-OH is 1. The van der Waals surface area contributed by atoms with E-state index in [1.807, 2.05) is 13.0 Å². The Hall–Kier alpha value is -3.58. The van der Waals surface area contributed by atoms with E-state index in [0.717, 1.165) is 5.56 Å².